The zero-order chi connectivity index (χ0) is 8.97. The van der Waals surface area contributed by atoms with E-state index in [4.69, 9.17) is 0 Å². The highest BCUT2D eigenvalue weighted by Crippen LogP contribution is 2.25. The second-order valence-corrected chi connectivity index (χ2v) is 3.27. The lowest BCUT2D eigenvalue weighted by Gasteiger charge is -2.21. The van der Waals surface area contributed by atoms with Gasteiger partial charge in [-0.05, 0) is 31.6 Å². The fraction of sp³-hybridized carbons (Fsp3) is 0.545. The molecule has 1 aliphatic rings. The van der Waals surface area contributed by atoms with Crippen molar-refractivity contribution in [3.8, 4) is 11.8 Å². The molecule has 0 aliphatic heterocycles. The molecule has 0 saturated heterocycles. The first-order valence-electron chi connectivity index (χ1n) is 4.37. The van der Waals surface area contributed by atoms with E-state index in [1.54, 1.807) is 6.92 Å². The second-order valence-electron chi connectivity index (χ2n) is 3.27. The minimum Gasteiger partial charge on any atom is -0.285 e. The van der Waals surface area contributed by atoms with Gasteiger partial charge in [-0.25, -0.2) is 0 Å². The molecule has 0 saturated carbocycles. The molecule has 0 N–H and O–H groups in total. The number of allylic oxidation sites excluding steroid dienone is 2. The molecule has 0 amide bonds. The number of carbonyl (C=O) groups is 1. The lowest BCUT2D eigenvalue weighted by molar-refractivity contribution is -0.118. The van der Waals surface area contributed by atoms with Crippen molar-refractivity contribution in [3.63, 3.8) is 0 Å². The third-order valence-electron chi connectivity index (χ3n) is 2.34. The first kappa shape index (κ1) is 9.06. The van der Waals surface area contributed by atoms with Crippen molar-refractivity contribution >= 4 is 5.78 Å². The van der Waals surface area contributed by atoms with E-state index >= 15 is 0 Å². The van der Waals surface area contributed by atoms with Crippen LogP contribution in [0, 0.1) is 23.7 Å². The molecule has 0 aromatic rings. The SMILES string of the molecule is CC#CC(=O)C1CC=CCC1C. The van der Waals surface area contributed by atoms with Gasteiger partial charge < -0.3 is 0 Å². The van der Waals surface area contributed by atoms with Crippen molar-refractivity contribution < 1.29 is 4.79 Å². The van der Waals surface area contributed by atoms with Crippen molar-refractivity contribution in [2.45, 2.75) is 26.7 Å². The van der Waals surface area contributed by atoms with E-state index in [-0.39, 0.29) is 11.7 Å². The smallest absolute Gasteiger partial charge is 0.209 e. The largest absolute Gasteiger partial charge is 0.285 e. The maximum atomic E-state index is 11.4. The maximum absolute atomic E-state index is 11.4. The van der Waals surface area contributed by atoms with Crippen LogP contribution in [-0.4, -0.2) is 5.78 Å². The first-order valence-corrected chi connectivity index (χ1v) is 4.37. The third kappa shape index (κ3) is 1.98. The fourth-order valence-electron chi connectivity index (χ4n) is 1.53. The molecule has 1 heteroatoms. The molecule has 2 atom stereocenters. The molecule has 0 bridgehead atoms. The Morgan fingerprint density at radius 1 is 1.42 bits per heavy atom. The summed E-state index contributed by atoms with van der Waals surface area (Å²) >= 11 is 0. The molecule has 12 heavy (non-hydrogen) atoms. The summed E-state index contributed by atoms with van der Waals surface area (Å²) < 4.78 is 0. The van der Waals surface area contributed by atoms with Crippen molar-refractivity contribution in [1.29, 1.82) is 0 Å². The standard InChI is InChI=1S/C11H14O/c1-3-6-11(12)10-8-5-4-7-9(10)2/h4-5,9-10H,7-8H2,1-2H3. The fourth-order valence-corrected chi connectivity index (χ4v) is 1.53. The Morgan fingerprint density at radius 3 is 2.67 bits per heavy atom. The van der Waals surface area contributed by atoms with Gasteiger partial charge in [-0.15, -0.1) is 0 Å². The van der Waals surface area contributed by atoms with E-state index < -0.39 is 0 Å². The summed E-state index contributed by atoms with van der Waals surface area (Å²) in [5.41, 5.74) is 0. The summed E-state index contributed by atoms with van der Waals surface area (Å²) in [7, 11) is 0. The molecule has 64 valence electrons. The molecule has 1 nitrogen and oxygen atoms in total. The number of carbonyl (C=O) groups excluding carboxylic acids is 1. The highest BCUT2D eigenvalue weighted by Gasteiger charge is 2.23. The minimum atomic E-state index is 0.106. The normalized spacial score (nSPS) is 27.5. The van der Waals surface area contributed by atoms with Gasteiger partial charge in [0.2, 0.25) is 5.78 Å². The van der Waals surface area contributed by atoms with E-state index in [2.05, 4.69) is 30.9 Å². The Balaban J connectivity index is 2.65. The number of Topliss-reactive ketones (excluding diaryl/α,β-unsaturated/α-hetero) is 1. The lowest BCUT2D eigenvalue weighted by atomic mass is 9.82. The highest BCUT2D eigenvalue weighted by atomic mass is 16.1. The van der Waals surface area contributed by atoms with Crippen LogP contribution in [0.1, 0.15) is 26.7 Å². The van der Waals surface area contributed by atoms with Crippen LogP contribution in [0.25, 0.3) is 0 Å². The van der Waals surface area contributed by atoms with Gasteiger partial charge in [-0.2, -0.15) is 0 Å². The number of hydrogen-bond acceptors (Lipinski definition) is 1. The van der Waals surface area contributed by atoms with E-state index in [0.29, 0.717) is 5.92 Å². The van der Waals surface area contributed by atoms with Crippen LogP contribution in [0.4, 0.5) is 0 Å². The van der Waals surface area contributed by atoms with Gasteiger partial charge >= 0.3 is 0 Å². The Hall–Kier alpha value is -1.03. The average molecular weight is 162 g/mol. The van der Waals surface area contributed by atoms with Crippen LogP contribution < -0.4 is 0 Å². The topological polar surface area (TPSA) is 17.1 Å². The van der Waals surface area contributed by atoms with E-state index in [9.17, 15) is 4.79 Å². The van der Waals surface area contributed by atoms with Gasteiger partial charge in [0.1, 0.15) is 0 Å². The summed E-state index contributed by atoms with van der Waals surface area (Å²) in [5.74, 6) is 5.99. The maximum Gasteiger partial charge on any atom is 0.209 e. The molecule has 0 aromatic carbocycles. The van der Waals surface area contributed by atoms with E-state index in [1.807, 2.05) is 0 Å². The van der Waals surface area contributed by atoms with E-state index in [0.717, 1.165) is 12.8 Å². The molecule has 1 aliphatic carbocycles. The molecule has 2 unspecified atom stereocenters. The van der Waals surface area contributed by atoms with Gasteiger partial charge in [0.15, 0.2) is 0 Å². The predicted molar refractivity (Wildman–Crippen MR) is 49.5 cm³/mol. The second kappa shape index (κ2) is 4.11. The van der Waals surface area contributed by atoms with Crippen LogP contribution in [-0.2, 0) is 4.79 Å². The van der Waals surface area contributed by atoms with Gasteiger partial charge in [0.25, 0.3) is 0 Å². The zero-order valence-electron chi connectivity index (χ0n) is 7.63. The van der Waals surface area contributed by atoms with Crippen molar-refractivity contribution in [3.05, 3.63) is 12.2 Å². The first-order chi connectivity index (χ1) is 5.75. The summed E-state index contributed by atoms with van der Waals surface area (Å²) in [6.07, 6.45) is 6.12. The monoisotopic (exact) mass is 162 g/mol. The zero-order valence-corrected chi connectivity index (χ0v) is 7.63. The number of hydrogen-bond donors (Lipinski definition) is 0. The van der Waals surface area contributed by atoms with Crippen LogP contribution in [0.2, 0.25) is 0 Å². The molecule has 1 rings (SSSR count). The Labute approximate surface area is 73.9 Å². The molecule has 0 fully saturated rings. The Bertz CT molecular complexity index is 252. The summed E-state index contributed by atoms with van der Waals surface area (Å²) in [6.45, 7) is 3.82. The Morgan fingerprint density at radius 2 is 2.08 bits per heavy atom. The van der Waals surface area contributed by atoms with Gasteiger partial charge in [-0.3, -0.25) is 4.79 Å². The van der Waals surface area contributed by atoms with Crippen LogP contribution in [0.15, 0.2) is 12.2 Å². The average Bonchev–Trinajstić information content (AvgIpc) is 2.05. The lowest BCUT2D eigenvalue weighted by Crippen LogP contribution is -2.21. The molecule has 0 radical (unpaired) electrons. The van der Waals surface area contributed by atoms with E-state index in [1.165, 1.54) is 0 Å². The quantitative estimate of drug-likeness (QED) is 0.328. The van der Waals surface area contributed by atoms with Gasteiger partial charge in [-0.1, -0.05) is 25.0 Å². The third-order valence-corrected chi connectivity index (χ3v) is 2.34. The summed E-state index contributed by atoms with van der Waals surface area (Å²) in [4.78, 5) is 11.4. The van der Waals surface area contributed by atoms with Crippen molar-refractivity contribution in [2.24, 2.45) is 11.8 Å². The number of rotatable bonds is 1. The van der Waals surface area contributed by atoms with Crippen LogP contribution in [0.5, 0.6) is 0 Å². The number of ketones is 1. The highest BCUT2D eigenvalue weighted by molar-refractivity contribution is 5.97. The van der Waals surface area contributed by atoms with Crippen molar-refractivity contribution in [1.82, 2.24) is 0 Å². The van der Waals surface area contributed by atoms with Gasteiger partial charge in [0.05, 0.1) is 0 Å². The summed E-state index contributed by atoms with van der Waals surface area (Å²) in [5, 5.41) is 0. The summed E-state index contributed by atoms with van der Waals surface area (Å²) in [6, 6.07) is 0. The molecule has 0 aromatic heterocycles. The molecular weight excluding hydrogens is 148 g/mol. The van der Waals surface area contributed by atoms with Crippen LogP contribution >= 0.6 is 0 Å². The Kier molecular flexibility index (Phi) is 3.10. The van der Waals surface area contributed by atoms with Crippen LogP contribution in [0.3, 0.4) is 0 Å². The van der Waals surface area contributed by atoms with Crippen molar-refractivity contribution in [2.75, 3.05) is 0 Å². The predicted octanol–water partition coefficient (Wildman–Crippen LogP) is 2.18. The molecule has 0 heterocycles. The van der Waals surface area contributed by atoms with Gasteiger partial charge in [0, 0.05) is 5.92 Å². The minimum absolute atomic E-state index is 0.106. The molecular formula is C11H14O. The molecule has 0 spiro atoms.